The number of anilines is 1. The smallest absolute Gasteiger partial charge is 0.228 e. The third-order valence-corrected chi connectivity index (χ3v) is 4.48. The summed E-state index contributed by atoms with van der Waals surface area (Å²) in [5.41, 5.74) is 1.96. The molecule has 2 saturated carbocycles. The average molecular weight is 286 g/mol. The van der Waals surface area contributed by atoms with Crippen molar-refractivity contribution >= 4 is 17.5 Å². The monoisotopic (exact) mass is 286 g/mol. The van der Waals surface area contributed by atoms with E-state index in [1.165, 1.54) is 12.8 Å². The Morgan fingerprint density at radius 1 is 1.00 bits per heavy atom. The van der Waals surface area contributed by atoms with E-state index in [0.29, 0.717) is 12.5 Å². The van der Waals surface area contributed by atoms with Gasteiger partial charge in [0.1, 0.15) is 0 Å². The van der Waals surface area contributed by atoms with Crippen molar-refractivity contribution < 1.29 is 9.59 Å². The molecular formula is C17H22N2O2. The molecule has 2 aliphatic carbocycles. The molecule has 4 heteroatoms. The largest absolute Gasteiger partial charge is 0.353 e. The number of rotatable bonds is 4. The summed E-state index contributed by atoms with van der Waals surface area (Å²) in [4.78, 5) is 24.2. The highest BCUT2D eigenvalue weighted by molar-refractivity contribution is 5.99. The zero-order valence-corrected chi connectivity index (χ0v) is 12.4. The number of aryl methyl sites for hydroxylation is 1. The molecule has 0 saturated heterocycles. The number of benzene rings is 1. The van der Waals surface area contributed by atoms with E-state index in [1.54, 1.807) is 0 Å². The normalized spacial score (nSPS) is 24.6. The first kappa shape index (κ1) is 14.1. The lowest BCUT2D eigenvalue weighted by Crippen LogP contribution is -2.34. The van der Waals surface area contributed by atoms with Gasteiger partial charge in [0.25, 0.3) is 0 Å². The fourth-order valence-electron chi connectivity index (χ4n) is 3.02. The van der Waals surface area contributed by atoms with Crippen LogP contribution in [0, 0.1) is 18.8 Å². The Balaban J connectivity index is 1.48. The first-order valence-corrected chi connectivity index (χ1v) is 7.81. The van der Waals surface area contributed by atoms with Crippen molar-refractivity contribution in [2.75, 3.05) is 5.32 Å². The van der Waals surface area contributed by atoms with Gasteiger partial charge in [-0.25, -0.2) is 0 Å². The lowest BCUT2D eigenvalue weighted by atomic mass is 10.2. The van der Waals surface area contributed by atoms with Gasteiger partial charge in [0, 0.05) is 11.7 Å². The van der Waals surface area contributed by atoms with Crippen LogP contribution in [-0.4, -0.2) is 17.9 Å². The molecule has 0 aromatic heterocycles. The minimum Gasteiger partial charge on any atom is -0.353 e. The molecule has 2 aliphatic rings. The van der Waals surface area contributed by atoms with Gasteiger partial charge in [0.15, 0.2) is 0 Å². The van der Waals surface area contributed by atoms with Gasteiger partial charge >= 0.3 is 0 Å². The summed E-state index contributed by atoms with van der Waals surface area (Å²) in [6.45, 7) is 2.01. The number of carbonyl (C=O) groups is 2. The molecule has 0 aliphatic heterocycles. The molecule has 0 spiro atoms. The predicted octanol–water partition coefficient (Wildman–Crippen LogP) is 2.63. The van der Waals surface area contributed by atoms with E-state index in [0.717, 1.165) is 24.1 Å². The molecule has 0 heterocycles. The molecule has 1 aromatic rings. The van der Waals surface area contributed by atoms with E-state index < -0.39 is 0 Å². The zero-order valence-electron chi connectivity index (χ0n) is 12.4. The van der Waals surface area contributed by atoms with Crippen LogP contribution < -0.4 is 10.6 Å². The standard InChI is InChI=1S/C17H22N2O2/c1-11-6-8-13(9-7-11)19-17(21)15-10-14(15)16(20)18-12-4-2-3-5-12/h6-9,12,14-15H,2-5,10H2,1H3,(H,18,20)(H,19,21). The van der Waals surface area contributed by atoms with Gasteiger partial charge in [-0.3, -0.25) is 9.59 Å². The molecule has 3 rings (SSSR count). The topological polar surface area (TPSA) is 58.2 Å². The van der Waals surface area contributed by atoms with Crippen molar-refractivity contribution in [2.45, 2.75) is 45.1 Å². The van der Waals surface area contributed by atoms with E-state index in [-0.39, 0.29) is 23.7 Å². The highest BCUT2D eigenvalue weighted by Gasteiger charge is 2.48. The van der Waals surface area contributed by atoms with Crippen LogP contribution in [0.2, 0.25) is 0 Å². The molecule has 2 fully saturated rings. The van der Waals surface area contributed by atoms with Gasteiger partial charge in [0.05, 0.1) is 11.8 Å². The Hall–Kier alpha value is -1.84. The third-order valence-electron chi connectivity index (χ3n) is 4.48. The fourth-order valence-corrected chi connectivity index (χ4v) is 3.02. The second kappa shape index (κ2) is 5.88. The zero-order chi connectivity index (χ0) is 14.8. The summed E-state index contributed by atoms with van der Waals surface area (Å²) in [6.07, 6.45) is 5.24. The number of amides is 2. The van der Waals surface area contributed by atoms with Crippen molar-refractivity contribution in [3.63, 3.8) is 0 Å². The minimum atomic E-state index is -0.160. The number of nitrogens with one attached hydrogen (secondary N) is 2. The van der Waals surface area contributed by atoms with E-state index in [9.17, 15) is 9.59 Å². The molecule has 21 heavy (non-hydrogen) atoms. The van der Waals surface area contributed by atoms with Gasteiger partial charge in [0.2, 0.25) is 11.8 Å². The van der Waals surface area contributed by atoms with Crippen LogP contribution in [-0.2, 0) is 9.59 Å². The van der Waals surface area contributed by atoms with Crippen molar-refractivity contribution in [3.05, 3.63) is 29.8 Å². The second-order valence-corrected chi connectivity index (χ2v) is 6.29. The fraction of sp³-hybridized carbons (Fsp3) is 0.529. The molecule has 0 radical (unpaired) electrons. The summed E-state index contributed by atoms with van der Waals surface area (Å²) in [7, 11) is 0. The SMILES string of the molecule is Cc1ccc(NC(=O)C2CC2C(=O)NC2CCCC2)cc1. The first-order valence-electron chi connectivity index (χ1n) is 7.81. The third kappa shape index (κ3) is 3.43. The summed E-state index contributed by atoms with van der Waals surface area (Å²) >= 11 is 0. The Morgan fingerprint density at radius 3 is 2.29 bits per heavy atom. The summed E-state index contributed by atoms with van der Waals surface area (Å²) < 4.78 is 0. The first-order chi connectivity index (χ1) is 10.1. The summed E-state index contributed by atoms with van der Waals surface area (Å²) in [5.74, 6) is -0.264. The van der Waals surface area contributed by atoms with Gasteiger partial charge in [-0.05, 0) is 38.3 Å². The van der Waals surface area contributed by atoms with Gasteiger partial charge < -0.3 is 10.6 Å². The van der Waals surface area contributed by atoms with Gasteiger partial charge in [-0.15, -0.1) is 0 Å². The molecule has 2 unspecified atom stereocenters. The Kier molecular flexibility index (Phi) is 3.95. The summed E-state index contributed by atoms with van der Waals surface area (Å²) in [6, 6.07) is 8.05. The Bertz CT molecular complexity index is 532. The molecule has 0 bridgehead atoms. The Morgan fingerprint density at radius 2 is 1.62 bits per heavy atom. The van der Waals surface area contributed by atoms with Crippen molar-refractivity contribution in [3.8, 4) is 0 Å². The summed E-state index contributed by atoms with van der Waals surface area (Å²) in [5, 5.41) is 5.97. The highest BCUT2D eigenvalue weighted by atomic mass is 16.2. The predicted molar refractivity (Wildman–Crippen MR) is 81.8 cm³/mol. The molecule has 112 valence electrons. The molecule has 1 aromatic carbocycles. The van der Waals surface area contributed by atoms with Crippen LogP contribution in [0.1, 0.15) is 37.7 Å². The van der Waals surface area contributed by atoms with Crippen LogP contribution in [0.3, 0.4) is 0 Å². The van der Waals surface area contributed by atoms with Crippen LogP contribution in [0.15, 0.2) is 24.3 Å². The second-order valence-electron chi connectivity index (χ2n) is 6.29. The van der Waals surface area contributed by atoms with Crippen LogP contribution in [0.4, 0.5) is 5.69 Å². The molecular weight excluding hydrogens is 264 g/mol. The quantitative estimate of drug-likeness (QED) is 0.894. The van der Waals surface area contributed by atoms with Crippen LogP contribution in [0.25, 0.3) is 0 Å². The maximum Gasteiger partial charge on any atom is 0.228 e. The van der Waals surface area contributed by atoms with E-state index in [1.807, 2.05) is 31.2 Å². The Labute approximate surface area is 125 Å². The number of carbonyl (C=O) groups excluding carboxylic acids is 2. The highest BCUT2D eigenvalue weighted by Crippen LogP contribution is 2.40. The van der Waals surface area contributed by atoms with E-state index in [4.69, 9.17) is 0 Å². The van der Waals surface area contributed by atoms with Crippen LogP contribution in [0.5, 0.6) is 0 Å². The van der Waals surface area contributed by atoms with E-state index in [2.05, 4.69) is 10.6 Å². The van der Waals surface area contributed by atoms with E-state index >= 15 is 0 Å². The minimum absolute atomic E-state index is 0.0366. The van der Waals surface area contributed by atoms with Gasteiger partial charge in [-0.1, -0.05) is 30.5 Å². The molecule has 4 nitrogen and oxygen atoms in total. The molecule has 2 atom stereocenters. The van der Waals surface area contributed by atoms with Crippen molar-refractivity contribution in [1.29, 1.82) is 0 Å². The van der Waals surface area contributed by atoms with Crippen molar-refractivity contribution in [1.82, 2.24) is 5.32 Å². The molecule has 2 N–H and O–H groups in total. The maximum absolute atomic E-state index is 12.1. The maximum atomic E-state index is 12.1. The lowest BCUT2D eigenvalue weighted by Gasteiger charge is -2.11. The average Bonchev–Trinajstić information content (AvgIpc) is 3.13. The molecule has 2 amide bonds. The van der Waals surface area contributed by atoms with Crippen LogP contribution >= 0.6 is 0 Å². The lowest BCUT2D eigenvalue weighted by molar-refractivity contribution is -0.125. The van der Waals surface area contributed by atoms with Crippen molar-refractivity contribution in [2.24, 2.45) is 11.8 Å². The number of hydrogen-bond donors (Lipinski definition) is 2. The number of hydrogen-bond acceptors (Lipinski definition) is 2. The van der Waals surface area contributed by atoms with Gasteiger partial charge in [-0.2, -0.15) is 0 Å².